The standard InChI is InChI=1S/C29H40N3O2/c1-22(2)15-20-32(26-12-10-25(11-13-26)21-24-7-5-4-6-8-24)27-16-18-31(19-17-27)28(33)14-9-23(3)29(30)34/h4-8,10-14,22-23,27H,9,15-21H2,1-3H3,(H2,30,34). The van der Waals surface area contributed by atoms with E-state index in [2.05, 4.69) is 73.3 Å². The van der Waals surface area contributed by atoms with E-state index in [4.69, 9.17) is 5.73 Å². The molecule has 1 aliphatic rings. The first-order chi connectivity index (χ1) is 16.3. The maximum absolute atomic E-state index is 12.6. The zero-order chi connectivity index (χ0) is 24.5. The maximum atomic E-state index is 12.6. The number of hydrogen-bond donors (Lipinski definition) is 1. The topological polar surface area (TPSA) is 66.6 Å². The Morgan fingerprint density at radius 2 is 1.62 bits per heavy atom. The highest BCUT2D eigenvalue weighted by atomic mass is 16.2. The zero-order valence-electron chi connectivity index (χ0n) is 21.0. The Morgan fingerprint density at radius 1 is 1.00 bits per heavy atom. The highest BCUT2D eigenvalue weighted by molar-refractivity contribution is 5.86. The van der Waals surface area contributed by atoms with Gasteiger partial charge in [0, 0.05) is 37.3 Å². The lowest BCUT2D eigenvalue weighted by Crippen LogP contribution is -2.47. The Hall–Kier alpha value is -2.82. The van der Waals surface area contributed by atoms with Crippen LogP contribution in [-0.2, 0) is 16.0 Å². The summed E-state index contributed by atoms with van der Waals surface area (Å²) < 4.78 is 0. The van der Waals surface area contributed by atoms with Crippen LogP contribution >= 0.6 is 0 Å². The van der Waals surface area contributed by atoms with Gasteiger partial charge in [0.25, 0.3) is 0 Å². The van der Waals surface area contributed by atoms with Crippen molar-refractivity contribution in [2.75, 3.05) is 24.5 Å². The Labute approximate surface area is 205 Å². The number of anilines is 1. The normalized spacial score (nSPS) is 15.4. The Morgan fingerprint density at radius 3 is 2.21 bits per heavy atom. The summed E-state index contributed by atoms with van der Waals surface area (Å²) in [6.07, 6.45) is 6.02. The molecule has 1 fully saturated rings. The Kier molecular flexibility index (Phi) is 9.55. The minimum atomic E-state index is -0.363. The molecular formula is C29H40N3O2. The third kappa shape index (κ3) is 7.61. The molecule has 1 saturated heterocycles. The van der Waals surface area contributed by atoms with E-state index in [1.165, 1.54) is 16.8 Å². The Bertz CT molecular complexity index is 903. The molecule has 0 aromatic heterocycles. The monoisotopic (exact) mass is 462 g/mol. The summed E-state index contributed by atoms with van der Waals surface area (Å²) in [5.41, 5.74) is 9.23. The van der Waals surface area contributed by atoms with E-state index < -0.39 is 0 Å². The largest absolute Gasteiger partial charge is 0.369 e. The van der Waals surface area contributed by atoms with Crippen LogP contribution < -0.4 is 10.6 Å². The minimum absolute atomic E-state index is 0.0190. The second-order valence-corrected chi connectivity index (χ2v) is 10.0. The van der Waals surface area contributed by atoms with Crippen LogP contribution in [-0.4, -0.2) is 42.4 Å². The van der Waals surface area contributed by atoms with Crippen molar-refractivity contribution in [3.8, 4) is 0 Å². The van der Waals surface area contributed by atoms with Crippen molar-refractivity contribution in [1.29, 1.82) is 0 Å². The molecule has 0 spiro atoms. The van der Waals surface area contributed by atoms with Gasteiger partial charge < -0.3 is 15.5 Å². The number of carbonyl (C=O) groups excluding carboxylic acids is 2. The molecular weight excluding hydrogens is 422 g/mol. The highest BCUT2D eigenvalue weighted by Gasteiger charge is 2.27. The van der Waals surface area contributed by atoms with Gasteiger partial charge in [0.2, 0.25) is 11.8 Å². The lowest BCUT2D eigenvalue weighted by Gasteiger charge is -2.40. The third-order valence-electron chi connectivity index (χ3n) is 6.82. The molecule has 1 atom stereocenters. The van der Waals surface area contributed by atoms with E-state index in [9.17, 15) is 9.59 Å². The molecule has 3 rings (SSSR count). The molecule has 1 unspecified atom stereocenters. The van der Waals surface area contributed by atoms with Crippen molar-refractivity contribution in [3.05, 3.63) is 72.1 Å². The van der Waals surface area contributed by atoms with E-state index in [-0.39, 0.29) is 17.7 Å². The molecule has 2 aromatic rings. The summed E-state index contributed by atoms with van der Waals surface area (Å²) in [5, 5.41) is 0. The summed E-state index contributed by atoms with van der Waals surface area (Å²) in [6, 6.07) is 20.0. The number of benzene rings is 2. The van der Waals surface area contributed by atoms with Crippen LogP contribution in [0.3, 0.4) is 0 Å². The van der Waals surface area contributed by atoms with E-state index in [1.54, 1.807) is 13.3 Å². The molecule has 1 radical (unpaired) electrons. The SMILES string of the molecule is CC(C)CCN(c1ccc(Cc2ccccc2)cc1)C1CCN(C(=O)[CH]CC(C)C(N)=O)CC1. The van der Waals surface area contributed by atoms with Crippen LogP contribution in [0.15, 0.2) is 54.6 Å². The summed E-state index contributed by atoms with van der Waals surface area (Å²) in [7, 11) is 0. The van der Waals surface area contributed by atoms with Crippen LogP contribution in [0.2, 0.25) is 0 Å². The van der Waals surface area contributed by atoms with Crippen molar-refractivity contribution in [3.63, 3.8) is 0 Å². The molecule has 2 amide bonds. The Balaban J connectivity index is 1.60. The van der Waals surface area contributed by atoms with Gasteiger partial charge in [-0.25, -0.2) is 0 Å². The number of likely N-dealkylation sites (tertiary alicyclic amines) is 1. The van der Waals surface area contributed by atoms with Crippen LogP contribution in [0, 0.1) is 18.3 Å². The number of hydrogen-bond acceptors (Lipinski definition) is 3. The third-order valence-corrected chi connectivity index (χ3v) is 6.82. The van der Waals surface area contributed by atoms with Crippen molar-refractivity contribution in [2.45, 2.75) is 58.9 Å². The van der Waals surface area contributed by atoms with Gasteiger partial charge in [0.1, 0.15) is 0 Å². The van der Waals surface area contributed by atoms with Gasteiger partial charge in [0.05, 0.1) is 6.42 Å². The number of rotatable bonds is 11. The second-order valence-electron chi connectivity index (χ2n) is 10.0. The molecule has 5 nitrogen and oxygen atoms in total. The number of primary amides is 1. The quantitative estimate of drug-likeness (QED) is 0.520. The van der Waals surface area contributed by atoms with Crippen molar-refractivity contribution in [1.82, 2.24) is 4.90 Å². The predicted octanol–water partition coefficient (Wildman–Crippen LogP) is 4.84. The van der Waals surface area contributed by atoms with Crippen LogP contribution in [0.1, 0.15) is 57.6 Å². The number of piperidine rings is 1. The van der Waals surface area contributed by atoms with E-state index in [0.717, 1.165) is 45.3 Å². The fourth-order valence-electron chi connectivity index (χ4n) is 4.48. The first kappa shape index (κ1) is 25.8. The fraction of sp³-hybridized carbons (Fsp3) is 0.483. The predicted molar refractivity (Wildman–Crippen MR) is 139 cm³/mol. The van der Waals surface area contributed by atoms with Gasteiger partial charge in [-0.2, -0.15) is 0 Å². The molecule has 1 aliphatic heterocycles. The molecule has 34 heavy (non-hydrogen) atoms. The van der Waals surface area contributed by atoms with E-state index >= 15 is 0 Å². The summed E-state index contributed by atoms with van der Waals surface area (Å²) in [4.78, 5) is 28.3. The van der Waals surface area contributed by atoms with Crippen LogP contribution in [0.4, 0.5) is 5.69 Å². The molecule has 2 N–H and O–H groups in total. The number of nitrogens with two attached hydrogens (primary N) is 1. The number of carbonyl (C=O) groups is 2. The van der Waals surface area contributed by atoms with Gasteiger partial charge in [-0.1, -0.05) is 63.2 Å². The second kappa shape index (κ2) is 12.6. The highest BCUT2D eigenvalue weighted by Crippen LogP contribution is 2.26. The fourth-order valence-corrected chi connectivity index (χ4v) is 4.48. The summed E-state index contributed by atoms with van der Waals surface area (Å²) >= 11 is 0. The minimum Gasteiger partial charge on any atom is -0.369 e. The molecule has 1 heterocycles. The maximum Gasteiger partial charge on any atom is 0.226 e. The molecule has 5 heteroatoms. The molecule has 0 bridgehead atoms. The first-order valence-corrected chi connectivity index (χ1v) is 12.6. The summed E-state index contributed by atoms with van der Waals surface area (Å²) in [5.74, 6) is -0.00914. The van der Waals surface area contributed by atoms with Gasteiger partial charge in [-0.05, 0) is 61.3 Å². The molecule has 183 valence electrons. The van der Waals surface area contributed by atoms with Crippen LogP contribution in [0.25, 0.3) is 0 Å². The van der Waals surface area contributed by atoms with E-state index in [0.29, 0.717) is 18.4 Å². The molecule has 0 saturated carbocycles. The zero-order valence-corrected chi connectivity index (χ0v) is 21.0. The summed E-state index contributed by atoms with van der Waals surface area (Å²) in [6.45, 7) is 8.81. The smallest absolute Gasteiger partial charge is 0.226 e. The van der Waals surface area contributed by atoms with Crippen molar-refractivity contribution in [2.24, 2.45) is 17.6 Å². The van der Waals surface area contributed by atoms with Gasteiger partial charge >= 0.3 is 0 Å². The number of amides is 2. The average molecular weight is 463 g/mol. The average Bonchev–Trinajstić information content (AvgIpc) is 2.84. The lowest BCUT2D eigenvalue weighted by atomic mass is 9.98. The van der Waals surface area contributed by atoms with Gasteiger partial charge in [-0.15, -0.1) is 0 Å². The van der Waals surface area contributed by atoms with Gasteiger partial charge in [0.15, 0.2) is 0 Å². The van der Waals surface area contributed by atoms with Crippen LogP contribution in [0.5, 0.6) is 0 Å². The number of nitrogens with zero attached hydrogens (tertiary/aromatic N) is 2. The molecule has 2 aromatic carbocycles. The molecule has 0 aliphatic carbocycles. The van der Waals surface area contributed by atoms with Gasteiger partial charge in [-0.3, -0.25) is 9.59 Å². The van der Waals surface area contributed by atoms with E-state index in [1.807, 2.05) is 4.90 Å². The lowest BCUT2D eigenvalue weighted by molar-refractivity contribution is -0.129. The van der Waals surface area contributed by atoms with Crippen molar-refractivity contribution >= 4 is 17.5 Å². The van der Waals surface area contributed by atoms with Crippen molar-refractivity contribution < 1.29 is 9.59 Å². The first-order valence-electron chi connectivity index (χ1n) is 12.6.